The summed E-state index contributed by atoms with van der Waals surface area (Å²) in [5, 5.41) is 14.3. The molecule has 0 spiro atoms. The van der Waals surface area contributed by atoms with Gasteiger partial charge in [-0.3, -0.25) is 10.1 Å². The number of hydrogen-bond donors (Lipinski definition) is 1. The van der Waals surface area contributed by atoms with E-state index >= 15 is 0 Å². The largest absolute Gasteiger partial charge is 0.484 e. The Morgan fingerprint density at radius 3 is 2.95 bits per heavy atom. The van der Waals surface area contributed by atoms with Crippen molar-refractivity contribution in [3.63, 3.8) is 0 Å². The lowest BCUT2D eigenvalue weighted by molar-refractivity contribution is -0.386. The van der Waals surface area contributed by atoms with Crippen LogP contribution in [0.5, 0.6) is 5.75 Å². The number of nitro benzene ring substituents is 1. The molecule has 1 atom stereocenters. The average molecular weight is 280 g/mol. The van der Waals surface area contributed by atoms with Gasteiger partial charge in [-0.15, -0.1) is 0 Å². The van der Waals surface area contributed by atoms with Gasteiger partial charge in [0.1, 0.15) is 12.7 Å². The zero-order valence-corrected chi connectivity index (χ0v) is 12.0. The van der Waals surface area contributed by atoms with E-state index in [0.29, 0.717) is 13.2 Å². The fraction of sp³-hybridized carbons (Fsp3) is 0.571. The number of rotatable bonds is 4. The van der Waals surface area contributed by atoms with Gasteiger partial charge in [-0.2, -0.15) is 0 Å². The van der Waals surface area contributed by atoms with E-state index in [1.54, 1.807) is 12.1 Å². The highest BCUT2D eigenvalue weighted by Gasteiger charge is 2.29. The molecule has 1 heterocycles. The molecule has 0 amide bonds. The topological polar surface area (TPSA) is 73.6 Å². The molecule has 6 nitrogen and oxygen atoms in total. The molecule has 110 valence electrons. The predicted molar refractivity (Wildman–Crippen MR) is 75.2 cm³/mol. The smallest absolute Gasteiger partial charge is 0.311 e. The van der Waals surface area contributed by atoms with Crippen LogP contribution in [0.15, 0.2) is 18.2 Å². The average Bonchev–Trinajstić information content (AvgIpc) is 2.36. The SMILES string of the molecule is Cc1ccc(OCC2CNCC(C)(C)O2)c([N+](=O)[O-])c1. The molecule has 1 saturated heterocycles. The first kappa shape index (κ1) is 14.7. The van der Waals surface area contributed by atoms with E-state index in [0.717, 1.165) is 12.1 Å². The summed E-state index contributed by atoms with van der Waals surface area (Å²) in [5.74, 6) is 0.285. The van der Waals surface area contributed by atoms with Crippen LogP contribution in [0.2, 0.25) is 0 Å². The summed E-state index contributed by atoms with van der Waals surface area (Å²) in [6.07, 6.45) is -0.111. The fourth-order valence-electron chi connectivity index (χ4n) is 2.24. The third kappa shape index (κ3) is 3.68. The van der Waals surface area contributed by atoms with E-state index in [-0.39, 0.29) is 23.1 Å². The van der Waals surface area contributed by atoms with Crippen molar-refractivity contribution in [2.45, 2.75) is 32.5 Å². The Bertz CT molecular complexity index is 502. The van der Waals surface area contributed by atoms with Crippen LogP contribution in [-0.2, 0) is 4.74 Å². The first-order chi connectivity index (χ1) is 9.37. The minimum Gasteiger partial charge on any atom is -0.484 e. The Balaban J connectivity index is 2.02. The predicted octanol–water partition coefficient (Wildman–Crippen LogP) is 2.05. The van der Waals surface area contributed by atoms with Gasteiger partial charge in [0.15, 0.2) is 5.75 Å². The number of nitrogens with zero attached hydrogens (tertiary/aromatic N) is 1. The molecular formula is C14H20N2O4. The van der Waals surface area contributed by atoms with Crippen molar-refractivity contribution in [1.82, 2.24) is 5.32 Å². The summed E-state index contributed by atoms with van der Waals surface area (Å²) in [6.45, 7) is 7.58. The number of aryl methyl sites for hydroxylation is 1. The van der Waals surface area contributed by atoms with Crippen LogP contribution in [0.4, 0.5) is 5.69 Å². The lowest BCUT2D eigenvalue weighted by atomic mass is 10.1. The van der Waals surface area contributed by atoms with Gasteiger partial charge in [0.25, 0.3) is 0 Å². The van der Waals surface area contributed by atoms with Crippen molar-refractivity contribution in [1.29, 1.82) is 0 Å². The summed E-state index contributed by atoms with van der Waals surface area (Å²) >= 11 is 0. The number of morpholine rings is 1. The summed E-state index contributed by atoms with van der Waals surface area (Å²) < 4.78 is 11.4. The van der Waals surface area contributed by atoms with Crippen molar-refractivity contribution >= 4 is 5.69 Å². The van der Waals surface area contributed by atoms with Crippen LogP contribution in [0.1, 0.15) is 19.4 Å². The minimum atomic E-state index is -0.424. The number of nitro groups is 1. The Hall–Kier alpha value is -1.66. The molecule has 2 rings (SSSR count). The molecule has 1 fully saturated rings. The fourth-order valence-corrected chi connectivity index (χ4v) is 2.24. The van der Waals surface area contributed by atoms with Gasteiger partial charge >= 0.3 is 5.69 Å². The molecule has 1 aliphatic heterocycles. The van der Waals surface area contributed by atoms with E-state index in [9.17, 15) is 10.1 Å². The van der Waals surface area contributed by atoms with E-state index in [2.05, 4.69) is 5.32 Å². The van der Waals surface area contributed by atoms with E-state index in [4.69, 9.17) is 9.47 Å². The maximum absolute atomic E-state index is 11.0. The summed E-state index contributed by atoms with van der Waals surface area (Å²) in [7, 11) is 0. The third-order valence-electron chi connectivity index (χ3n) is 3.14. The summed E-state index contributed by atoms with van der Waals surface area (Å²) in [6, 6.07) is 4.94. The minimum absolute atomic E-state index is 0.00645. The van der Waals surface area contributed by atoms with Crippen LogP contribution >= 0.6 is 0 Å². The number of nitrogens with one attached hydrogen (secondary N) is 1. The Morgan fingerprint density at radius 2 is 2.30 bits per heavy atom. The van der Waals surface area contributed by atoms with Crippen LogP contribution in [0.25, 0.3) is 0 Å². The van der Waals surface area contributed by atoms with Gasteiger partial charge in [0, 0.05) is 19.2 Å². The monoisotopic (exact) mass is 280 g/mol. The first-order valence-electron chi connectivity index (χ1n) is 6.64. The van der Waals surface area contributed by atoms with Crippen molar-refractivity contribution < 1.29 is 14.4 Å². The van der Waals surface area contributed by atoms with Crippen molar-refractivity contribution in [2.24, 2.45) is 0 Å². The van der Waals surface area contributed by atoms with Gasteiger partial charge in [-0.1, -0.05) is 6.07 Å². The molecule has 20 heavy (non-hydrogen) atoms. The highest BCUT2D eigenvalue weighted by Crippen LogP contribution is 2.28. The summed E-state index contributed by atoms with van der Waals surface area (Å²) in [5.41, 5.74) is 0.583. The van der Waals surface area contributed by atoms with Crippen molar-refractivity contribution in [3.8, 4) is 5.75 Å². The summed E-state index contributed by atoms with van der Waals surface area (Å²) in [4.78, 5) is 10.6. The van der Waals surface area contributed by atoms with Gasteiger partial charge in [0.2, 0.25) is 0 Å². The molecule has 6 heteroatoms. The highest BCUT2D eigenvalue weighted by atomic mass is 16.6. The van der Waals surface area contributed by atoms with E-state index in [1.165, 1.54) is 6.07 Å². The standard InChI is InChI=1S/C14H20N2O4/c1-10-4-5-13(12(6-10)16(17)18)19-8-11-7-15-9-14(2,3)20-11/h4-6,11,15H,7-9H2,1-3H3. The Kier molecular flexibility index (Phi) is 4.25. The van der Waals surface area contributed by atoms with Crippen molar-refractivity contribution in [3.05, 3.63) is 33.9 Å². The van der Waals surface area contributed by atoms with E-state index in [1.807, 2.05) is 20.8 Å². The van der Waals surface area contributed by atoms with Gasteiger partial charge < -0.3 is 14.8 Å². The Labute approximate surface area is 118 Å². The lowest BCUT2D eigenvalue weighted by Crippen LogP contribution is -2.52. The number of hydrogen-bond acceptors (Lipinski definition) is 5. The maximum atomic E-state index is 11.0. The first-order valence-corrected chi connectivity index (χ1v) is 6.64. The molecule has 1 unspecified atom stereocenters. The second-order valence-electron chi connectivity index (χ2n) is 5.67. The van der Waals surface area contributed by atoms with Gasteiger partial charge in [0.05, 0.1) is 10.5 Å². The molecule has 0 radical (unpaired) electrons. The van der Waals surface area contributed by atoms with Crippen molar-refractivity contribution in [2.75, 3.05) is 19.7 Å². The zero-order valence-electron chi connectivity index (χ0n) is 12.0. The molecular weight excluding hydrogens is 260 g/mol. The quantitative estimate of drug-likeness (QED) is 0.675. The molecule has 0 aliphatic carbocycles. The van der Waals surface area contributed by atoms with Crippen LogP contribution in [0, 0.1) is 17.0 Å². The normalized spacial score (nSPS) is 21.4. The van der Waals surface area contributed by atoms with Crippen LogP contribution in [-0.4, -0.2) is 36.3 Å². The van der Waals surface area contributed by atoms with Crippen LogP contribution in [0.3, 0.4) is 0 Å². The van der Waals surface area contributed by atoms with E-state index < -0.39 is 4.92 Å². The molecule has 1 aromatic rings. The maximum Gasteiger partial charge on any atom is 0.311 e. The highest BCUT2D eigenvalue weighted by molar-refractivity contribution is 5.48. The molecule has 1 aliphatic rings. The van der Waals surface area contributed by atoms with Gasteiger partial charge in [-0.25, -0.2) is 0 Å². The third-order valence-corrected chi connectivity index (χ3v) is 3.14. The number of ether oxygens (including phenoxy) is 2. The Morgan fingerprint density at radius 1 is 1.55 bits per heavy atom. The van der Waals surface area contributed by atoms with Crippen LogP contribution < -0.4 is 10.1 Å². The molecule has 1 aromatic carbocycles. The zero-order chi connectivity index (χ0) is 14.8. The molecule has 0 saturated carbocycles. The second-order valence-corrected chi connectivity index (χ2v) is 5.67. The lowest BCUT2D eigenvalue weighted by Gasteiger charge is -2.36. The molecule has 1 N–H and O–H groups in total. The molecule has 0 bridgehead atoms. The number of benzene rings is 1. The molecule has 0 aromatic heterocycles. The van der Waals surface area contributed by atoms with Gasteiger partial charge in [-0.05, 0) is 32.4 Å². The second kappa shape index (κ2) is 5.76.